The molecule has 5 heteroatoms. The maximum atomic E-state index is 9.57. The van der Waals surface area contributed by atoms with E-state index in [1.807, 2.05) is 54.7 Å². The van der Waals surface area contributed by atoms with Crippen molar-refractivity contribution < 1.29 is 0 Å². The van der Waals surface area contributed by atoms with Crippen molar-refractivity contribution in [2.45, 2.75) is 0 Å². The maximum Gasteiger partial charge on any atom is 0.142 e. The fraction of sp³-hybridized carbons (Fsp3) is 0. The molecular formula is C20H13ClN4. The lowest BCUT2D eigenvalue weighted by Crippen LogP contribution is -1.99. The van der Waals surface area contributed by atoms with Gasteiger partial charge in [0.05, 0.1) is 5.69 Å². The number of para-hydroxylation sites is 1. The molecule has 0 aliphatic carbocycles. The molecule has 120 valence electrons. The molecular weight excluding hydrogens is 332 g/mol. The molecule has 0 radical (unpaired) electrons. The van der Waals surface area contributed by atoms with E-state index >= 15 is 0 Å². The van der Waals surface area contributed by atoms with E-state index < -0.39 is 0 Å². The summed E-state index contributed by atoms with van der Waals surface area (Å²) in [5, 5.41) is 11.2. The highest BCUT2D eigenvalue weighted by Gasteiger charge is 2.16. The van der Waals surface area contributed by atoms with E-state index in [1.54, 1.807) is 6.07 Å². The summed E-state index contributed by atoms with van der Waals surface area (Å²) in [6.07, 6.45) is 1.89. The Labute approximate surface area is 149 Å². The molecule has 0 saturated heterocycles. The minimum absolute atomic E-state index is 0.209. The third-order valence-corrected chi connectivity index (χ3v) is 4.39. The van der Waals surface area contributed by atoms with Crippen molar-refractivity contribution in [1.29, 1.82) is 5.26 Å². The zero-order valence-corrected chi connectivity index (χ0v) is 13.9. The average Bonchev–Trinajstić information content (AvgIpc) is 3.05. The van der Waals surface area contributed by atoms with Gasteiger partial charge in [0, 0.05) is 38.8 Å². The summed E-state index contributed by atoms with van der Waals surface area (Å²) >= 11 is 6.09. The number of fused-ring (bicyclic) bond motifs is 1. The van der Waals surface area contributed by atoms with Crippen LogP contribution in [0.25, 0.3) is 33.3 Å². The lowest BCUT2D eigenvalue weighted by molar-refractivity contribution is 1.31. The van der Waals surface area contributed by atoms with Crippen LogP contribution in [0.3, 0.4) is 0 Å². The molecule has 0 aliphatic heterocycles. The topological polar surface area (TPSA) is 78.5 Å². The van der Waals surface area contributed by atoms with Crippen LogP contribution < -0.4 is 5.73 Å². The van der Waals surface area contributed by atoms with Gasteiger partial charge in [-0.2, -0.15) is 5.26 Å². The Morgan fingerprint density at radius 2 is 1.88 bits per heavy atom. The van der Waals surface area contributed by atoms with Crippen LogP contribution in [-0.2, 0) is 0 Å². The molecule has 2 heterocycles. The molecule has 0 atom stereocenters. The number of anilines is 1. The highest BCUT2D eigenvalue weighted by atomic mass is 35.5. The Bertz CT molecular complexity index is 1140. The van der Waals surface area contributed by atoms with Gasteiger partial charge < -0.3 is 10.7 Å². The third kappa shape index (κ3) is 2.61. The Kier molecular flexibility index (Phi) is 3.64. The fourth-order valence-electron chi connectivity index (χ4n) is 2.98. The molecule has 2 aromatic carbocycles. The van der Waals surface area contributed by atoms with Gasteiger partial charge >= 0.3 is 0 Å². The van der Waals surface area contributed by atoms with Crippen molar-refractivity contribution >= 4 is 28.3 Å². The van der Waals surface area contributed by atoms with Crippen molar-refractivity contribution in [2.24, 2.45) is 0 Å². The number of nitrogen functional groups attached to an aromatic ring is 1. The number of aromatic amines is 1. The lowest BCUT2D eigenvalue weighted by Gasteiger charge is -2.10. The molecule has 2 aromatic heterocycles. The van der Waals surface area contributed by atoms with Crippen LogP contribution in [0, 0.1) is 11.3 Å². The second kappa shape index (κ2) is 5.97. The highest BCUT2D eigenvalue weighted by molar-refractivity contribution is 6.30. The summed E-state index contributed by atoms with van der Waals surface area (Å²) in [6.45, 7) is 0. The normalized spacial score (nSPS) is 10.7. The van der Waals surface area contributed by atoms with Crippen molar-refractivity contribution in [3.63, 3.8) is 0 Å². The molecule has 4 aromatic rings. The van der Waals surface area contributed by atoms with E-state index in [0.717, 1.165) is 27.6 Å². The molecule has 0 unspecified atom stereocenters. The minimum Gasteiger partial charge on any atom is -0.383 e. The number of benzene rings is 2. The van der Waals surface area contributed by atoms with E-state index in [9.17, 15) is 5.26 Å². The van der Waals surface area contributed by atoms with Crippen LogP contribution in [0.15, 0.2) is 60.8 Å². The molecule has 4 nitrogen and oxygen atoms in total. The molecule has 4 rings (SSSR count). The monoisotopic (exact) mass is 344 g/mol. The maximum absolute atomic E-state index is 9.57. The summed E-state index contributed by atoms with van der Waals surface area (Å²) in [4.78, 5) is 7.63. The number of H-pyrrole nitrogens is 1. The van der Waals surface area contributed by atoms with Gasteiger partial charge in [-0.15, -0.1) is 0 Å². The van der Waals surface area contributed by atoms with Gasteiger partial charge in [0.1, 0.15) is 17.5 Å². The first-order valence-electron chi connectivity index (χ1n) is 7.70. The van der Waals surface area contributed by atoms with Crippen molar-refractivity contribution in [1.82, 2.24) is 9.97 Å². The summed E-state index contributed by atoms with van der Waals surface area (Å²) in [6, 6.07) is 19.4. The molecule has 0 saturated carbocycles. The number of nitrogens with two attached hydrogens (primary N) is 1. The smallest absolute Gasteiger partial charge is 0.142 e. The van der Waals surface area contributed by atoms with Gasteiger partial charge in [-0.3, -0.25) is 0 Å². The highest BCUT2D eigenvalue weighted by Crippen LogP contribution is 2.35. The molecule has 25 heavy (non-hydrogen) atoms. The number of aromatic nitrogens is 2. The van der Waals surface area contributed by atoms with E-state index in [2.05, 4.69) is 16.0 Å². The summed E-state index contributed by atoms with van der Waals surface area (Å²) < 4.78 is 0. The number of nitrogens with one attached hydrogen (secondary N) is 1. The third-order valence-electron chi connectivity index (χ3n) is 4.16. The Morgan fingerprint density at radius 3 is 2.68 bits per heavy atom. The van der Waals surface area contributed by atoms with Crippen molar-refractivity contribution in [3.8, 4) is 28.5 Å². The fourth-order valence-corrected chi connectivity index (χ4v) is 3.18. The number of rotatable bonds is 2. The van der Waals surface area contributed by atoms with Crippen LogP contribution >= 0.6 is 11.6 Å². The van der Waals surface area contributed by atoms with Crippen LogP contribution in [0.1, 0.15) is 5.56 Å². The van der Waals surface area contributed by atoms with Gasteiger partial charge in [0.25, 0.3) is 0 Å². The Hall–Kier alpha value is -3.29. The molecule has 3 N–H and O–H groups in total. The minimum atomic E-state index is 0.209. The van der Waals surface area contributed by atoms with Crippen LogP contribution in [0.5, 0.6) is 0 Å². The first-order valence-corrected chi connectivity index (χ1v) is 8.08. The average molecular weight is 345 g/mol. The zero-order valence-electron chi connectivity index (χ0n) is 13.1. The van der Waals surface area contributed by atoms with E-state index in [1.165, 1.54) is 0 Å². The Balaban J connectivity index is 2.00. The number of hydrogen-bond acceptors (Lipinski definition) is 3. The predicted octanol–water partition coefficient (Wildman–Crippen LogP) is 5.00. The second-order valence-electron chi connectivity index (χ2n) is 5.69. The SMILES string of the molecule is N#Cc1c(-c2c[nH]c3ccccc23)cc(-c2cccc(Cl)c2)nc1N. The first kappa shape index (κ1) is 15.3. The number of nitriles is 1. The molecule has 0 fully saturated rings. The largest absolute Gasteiger partial charge is 0.383 e. The van der Waals surface area contributed by atoms with Crippen molar-refractivity contribution in [2.75, 3.05) is 5.73 Å². The van der Waals surface area contributed by atoms with Crippen molar-refractivity contribution in [3.05, 3.63) is 71.4 Å². The van der Waals surface area contributed by atoms with E-state index in [0.29, 0.717) is 16.3 Å². The summed E-state index contributed by atoms with van der Waals surface area (Å²) in [5.41, 5.74) is 10.7. The second-order valence-corrected chi connectivity index (χ2v) is 6.12. The lowest BCUT2D eigenvalue weighted by atomic mass is 9.98. The zero-order chi connectivity index (χ0) is 17.4. The number of nitrogens with zero attached hydrogens (tertiary/aromatic N) is 2. The van der Waals surface area contributed by atoms with E-state index in [4.69, 9.17) is 17.3 Å². The van der Waals surface area contributed by atoms with Gasteiger partial charge in [0.2, 0.25) is 0 Å². The first-order chi connectivity index (χ1) is 12.2. The molecule has 0 bridgehead atoms. The number of hydrogen-bond donors (Lipinski definition) is 2. The van der Waals surface area contributed by atoms with E-state index in [-0.39, 0.29) is 5.82 Å². The number of pyridine rings is 1. The molecule has 0 amide bonds. The summed E-state index contributed by atoms with van der Waals surface area (Å²) in [7, 11) is 0. The Morgan fingerprint density at radius 1 is 1.04 bits per heavy atom. The standard InChI is InChI=1S/C20H13ClN4/c21-13-5-3-4-12(8-13)19-9-15(16(10-22)20(23)25-19)17-11-24-18-7-2-1-6-14(17)18/h1-9,11,24H,(H2,23,25). The van der Waals surface area contributed by atoms with Crippen LogP contribution in [0.2, 0.25) is 5.02 Å². The number of halogens is 1. The van der Waals surface area contributed by atoms with Gasteiger partial charge in [0.15, 0.2) is 0 Å². The van der Waals surface area contributed by atoms with Gasteiger partial charge in [-0.25, -0.2) is 4.98 Å². The molecule has 0 spiro atoms. The van der Waals surface area contributed by atoms with Crippen LogP contribution in [0.4, 0.5) is 5.82 Å². The van der Waals surface area contributed by atoms with Crippen LogP contribution in [-0.4, -0.2) is 9.97 Å². The quantitative estimate of drug-likeness (QED) is 0.536. The van der Waals surface area contributed by atoms with Gasteiger partial charge in [-0.1, -0.05) is 41.9 Å². The summed E-state index contributed by atoms with van der Waals surface area (Å²) in [5.74, 6) is 0.209. The predicted molar refractivity (Wildman–Crippen MR) is 101 cm³/mol. The van der Waals surface area contributed by atoms with Gasteiger partial charge in [-0.05, 0) is 24.3 Å². The molecule has 0 aliphatic rings.